The highest BCUT2D eigenvalue weighted by atomic mass is 35.5. The summed E-state index contributed by atoms with van der Waals surface area (Å²) in [7, 11) is 0. The summed E-state index contributed by atoms with van der Waals surface area (Å²) in [4.78, 5) is 3.93. The standard InChI is InChI=1S/C11H10ClN3/c12-9-1-3-10(4-2-9)14-15-11-5-7-13-8-6-11/h1-8,14H,(H,13,15). The minimum atomic E-state index is 0.726. The van der Waals surface area contributed by atoms with E-state index >= 15 is 0 Å². The molecule has 1 heterocycles. The fraction of sp³-hybridized carbons (Fsp3) is 0. The van der Waals surface area contributed by atoms with Crippen LogP contribution in [0.4, 0.5) is 11.4 Å². The van der Waals surface area contributed by atoms with Gasteiger partial charge in [-0.2, -0.15) is 0 Å². The topological polar surface area (TPSA) is 37.0 Å². The smallest absolute Gasteiger partial charge is 0.0570 e. The summed E-state index contributed by atoms with van der Waals surface area (Å²) in [5.74, 6) is 0. The Kier molecular flexibility index (Phi) is 3.05. The zero-order valence-electron chi connectivity index (χ0n) is 7.94. The number of halogens is 1. The van der Waals surface area contributed by atoms with Crippen LogP contribution in [0.25, 0.3) is 0 Å². The zero-order chi connectivity index (χ0) is 10.5. The van der Waals surface area contributed by atoms with E-state index in [9.17, 15) is 0 Å². The van der Waals surface area contributed by atoms with Gasteiger partial charge in [-0.1, -0.05) is 11.6 Å². The number of pyridine rings is 1. The summed E-state index contributed by atoms with van der Waals surface area (Å²) in [5, 5.41) is 0.726. The van der Waals surface area contributed by atoms with Gasteiger partial charge in [0.15, 0.2) is 0 Å². The fourth-order valence-electron chi connectivity index (χ4n) is 1.11. The highest BCUT2D eigenvalue weighted by Crippen LogP contribution is 2.13. The SMILES string of the molecule is Clc1ccc(NNc2ccncc2)cc1. The monoisotopic (exact) mass is 219 g/mol. The molecule has 0 bridgehead atoms. The maximum atomic E-state index is 5.77. The van der Waals surface area contributed by atoms with Gasteiger partial charge in [-0.15, -0.1) is 0 Å². The average Bonchev–Trinajstić information content (AvgIpc) is 2.30. The third-order valence-corrected chi connectivity index (χ3v) is 2.13. The summed E-state index contributed by atoms with van der Waals surface area (Å²) < 4.78 is 0. The second-order valence-corrected chi connectivity index (χ2v) is 3.43. The Morgan fingerprint density at radius 1 is 0.800 bits per heavy atom. The van der Waals surface area contributed by atoms with Crippen LogP contribution < -0.4 is 10.9 Å². The van der Waals surface area contributed by atoms with Crippen LogP contribution in [0.15, 0.2) is 48.8 Å². The Balaban J connectivity index is 1.96. The van der Waals surface area contributed by atoms with Crippen LogP contribution in [0.5, 0.6) is 0 Å². The van der Waals surface area contributed by atoms with E-state index in [2.05, 4.69) is 15.8 Å². The predicted octanol–water partition coefficient (Wildman–Crippen LogP) is 3.17. The van der Waals surface area contributed by atoms with Crippen molar-refractivity contribution in [3.63, 3.8) is 0 Å². The molecule has 2 aromatic rings. The van der Waals surface area contributed by atoms with Crippen molar-refractivity contribution in [2.24, 2.45) is 0 Å². The van der Waals surface area contributed by atoms with Crippen LogP contribution >= 0.6 is 11.6 Å². The van der Waals surface area contributed by atoms with Gasteiger partial charge in [0.25, 0.3) is 0 Å². The number of hydrogen-bond acceptors (Lipinski definition) is 3. The second kappa shape index (κ2) is 4.66. The lowest BCUT2D eigenvalue weighted by Gasteiger charge is -2.08. The van der Waals surface area contributed by atoms with Crippen molar-refractivity contribution >= 4 is 23.0 Å². The van der Waals surface area contributed by atoms with E-state index in [1.807, 2.05) is 36.4 Å². The Morgan fingerprint density at radius 2 is 1.33 bits per heavy atom. The molecule has 0 spiro atoms. The Bertz CT molecular complexity index is 414. The minimum absolute atomic E-state index is 0.726. The fourth-order valence-corrected chi connectivity index (χ4v) is 1.24. The van der Waals surface area contributed by atoms with Crippen molar-refractivity contribution in [1.29, 1.82) is 0 Å². The molecule has 0 radical (unpaired) electrons. The first-order valence-electron chi connectivity index (χ1n) is 4.52. The van der Waals surface area contributed by atoms with E-state index in [1.54, 1.807) is 12.4 Å². The normalized spacial score (nSPS) is 9.67. The van der Waals surface area contributed by atoms with Crippen molar-refractivity contribution in [2.75, 3.05) is 10.9 Å². The quantitative estimate of drug-likeness (QED) is 0.779. The molecule has 1 aromatic heterocycles. The molecule has 1 aromatic carbocycles. The van der Waals surface area contributed by atoms with Crippen LogP contribution in [-0.2, 0) is 0 Å². The first kappa shape index (κ1) is 9.80. The summed E-state index contributed by atoms with van der Waals surface area (Å²) in [5.41, 5.74) is 8.01. The molecule has 2 N–H and O–H groups in total. The van der Waals surface area contributed by atoms with Crippen molar-refractivity contribution in [3.8, 4) is 0 Å². The molecule has 0 saturated heterocycles. The van der Waals surface area contributed by atoms with E-state index in [1.165, 1.54) is 0 Å². The molecule has 0 aliphatic heterocycles. The van der Waals surface area contributed by atoms with Gasteiger partial charge in [0.2, 0.25) is 0 Å². The van der Waals surface area contributed by atoms with Gasteiger partial charge in [0, 0.05) is 17.4 Å². The highest BCUT2D eigenvalue weighted by molar-refractivity contribution is 6.30. The molecular weight excluding hydrogens is 210 g/mol. The van der Waals surface area contributed by atoms with E-state index in [0.29, 0.717) is 0 Å². The molecule has 76 valence electrons. The number of rotatable bonds is 3. The summed E-state index contributed by atoms with van der Waals surface area (Å²) >= 11 is 5.77. The molecule has 2 rings (SSSR count). The second-order valence-electron chi connectivity index (χ2n) is 2.99. The minimum Gasteiger partial charge on any atom is -0.301 e. The van der Waals surface area contributed by atoms with E-state index in [0.717, 1.165) is 16.4 Å². The number of hydrazine groups is 1. The van der Waals surface area contributed by atoms with Gasteiger partial charge >= 0.3 is 0 Å². The van der Waals surface area contributed by atoms with Crippen molar-refractivity contribution in [2.45, 2.75) is 0 Å². The summed E-state index contributed by atoms with van der Waals surface area (Å²) in [6.07, 6.45) is 3.46. The van der Waals surface area contributed by atoms with Gasteiger partial charge in [-0.3, -0.25) is 4.98 Å². The average molecular weight is 220 g/mol. The van der Waals surface area contributed by atoms with E-state index < -0.39 is 0 Å². The Morgan fingerprint density at radius 3 is 1.93 bits per heavy atom. The first-order chi connectivity index (χ1) is 7.34. The number of hydrogen-bond donors (Lipinski definition) is 2. The van der Waals surface area contributed by atoms with Crippen LogP contribution in [0.3, 0.4) is 0 Å². The van der Waals surface area contributed by atoms with Gasteiger partial charge in [-0.25, -0.2) is 0 Å². The molecule has 4 heteroatoms. The number of anilines is 2. The van der Waals surface area contributed by atoms with Gasteiger partial charge in [0.1, 0.15) is 0 Å². The molecule has 0 aliphatic carbocycles. The maximum absolute atomic E-state index is 5.77. The van der Waals surface area contributed by atoms with Crippen LogP contribution in [-0.4, -0.2) is 4.98 Å². The molecule has 0 atom stereocenters. The largest absolute Gasteiger partial charge is 0.301 e. The first-order valence-corrected chi connectivity index (χ1v) is 4.90. The van der Waals surface area contributed by atoms with Gasteiger partial charge in [-0.05, 0) is 36.4 Å². The highest BCUT2D eigenvalue weighted by Gasteiger charge is 1.91. The predicted molar refractivity (Wildman–Crippen MR) is 62.9 cm³/mol. The van der Waals surface area contributed by atoms with Gasteiger partial charge in [0.05, 0.1) is 11.4 Å². The molecule has 0 aliphatic rings. The van der Waals surface area contributed by atoms with Crippen molar-refractivity contribution in [3.05, 3.63) is 53.8 Å². The molecular formula is C11H10ClN3. The molecule has 15 heavy (non-hydrogen) atoms. The molecule has 0 amide bonds. The zero-order valence-corrected chi connectivity index (χ0v) is 8.70. The lowest BCUT2D eigenvalue weighted by molar-refractivity contribution is 1.31. The van der Waals surface area contributed by atoms with E-state index in [4.69, 9.17) is 11.6 Å². The van der Waals surface area contributed by atoms with Gasteiger partial charge < -0.3 is 10.9 Å². The van der Waals surface area contributed by atoms with Crippen LogP contribution in [0.2, 0.25) is 5.02 Å². The summed E-state index contributed by atoms with van der Waals surface area (Å²) in [6.45, 7) is 0. The summed E-state index contributed by atoms with van der Waals surface area (Å²) in [6, 6.07) is 11.2. The number of benzene rings is 1. The number of aromatic nitrogens is 1. The van der Waals surface area contributed by atoms with Crippen LogP contribution in [0, 0.1) is 0 Å². The number of nitrogens with zero attached hydrogens (tertiary/aromatic N) is 1. The molecule has 3 nitrogen and oxygen atoms in total. The van der Waals surface area contributed by atoms with Crippen molar-refractivity contribution < 1.29 is 0 Å². The van der Waals surface area contributed by atoms with E-state index in [-0.39, 0.29) is 0 Å². The molecule has 0 saturated carbocycles. The van der Waals surface area contributed by atoms with Crippen molar-refractivity contribution in [1.82, 2.24) is 4.98 Å². The molecule has 0 fully saturated rings. The third-order valence-electron chi connectivity index (χ3n) is 1.88. The third kappa shape index (κ3) is 2.86. The lowest BCUT2D eigenvalue weighted by atomic mass is 10.3. The Labute approximate surface area is 93.1 Å². The number of nitrogens with one attached hydrogen (secondary N) is 2. The lowest BCUT2D eigenvalue weighted by Crippen LogP contribution is -2.08. The van der Waals surface area contributed by atoms with Crippen LogP contribution in [0.1, 0.15) is 0 Å². The molecule has 0 unspecified atom stereocenters. The maximum Gasteiger partial charge on any atom is 0.0570 e. The Hall–Kier alpha value is -1.74.